The Morgan fingerprint density at radius 1 is 1.17 bits per heavy atom. The number of rotatable bonds is 5. The van der Waals surface area contributed by atoms with E-state index >= 15 is 0 Å². The number of carbonyl (C=O) groups is 1. The van der Waals surface area contributed by atoms with Gasteiger partial charge in [-0.05, 0) is 31.5 Å². The average Bonchev–Trinajstić information content (AvgIpc) is 2.58. The van der Waals surface area contributed by atoms with Crippen LogP contribution in [-0.2, 0) is 4.74 Å². The fraction of sp³-hybridized carbons (Fsp3) is 0.529. The number of hydrogen-bond donors (Lipinski definition) is 0. The van der Waals surface area contributed by atoms with Crippen molar-refractivity contribution >= 4 is 6.09 Å². The number of nitriles is 1. The molecule has 1 amide bonds. The number of benzene rings is 1. The molecule has 6 nitrogen and oxygen atoms in total. The fourth-order valence-electron chi connectivity index (χ4n) is 2.66. The second-order valence-electron chi connectivity index (χ2n) is 5.26. The van der Waals surface area contributed by atoms with Gasteiger partial charge in [0.1, 0.15) is 11.8 Å². The minimum atomic E-state index is -0.310. The third kappa shape index (κ3) is 4.36. The highest BCUT2D eigenvalue weighted by atomic mass is 16.6. The maximum atomic E-state index is 11.7. The molecule has 1 fully saturated rings. The van der Waals surface area contributed by atoms with Gasteiger partial charge in [-0.15, -0.1) is 0 Å². The van der Waals surface area contributed by atoms with Crippen molar-refractivity contribution in [3.05, 3.63) is 29.8 Å². The summed E-state index contributed by atoms with van der Waals surface area (Å²) >= 11 is 0. The van der Waals surface area contributed by atoms with Gasteiger partial charge in [-0.1, -0.05) is 12.1 Å². The summed E-state index contributed by atoms with van der Waals surface area (Å²) in [5.41, 5.74) is 0.945. The first-order valence-electron chi connectivity index (χ1n) is 7.97. The molecule has 0 radical (unpaired) electrons. The highest BCUT2D eigenvalue weighted by Crippen LogP contribution is 2.24. The summed E-state index contributed by atoms with van der Waals surface area (Å²) in [6.07, 6.45) is -0.276. The summed E-state index contributed by atoms with van der Waals surface area (Å²) in [4.78, 5) is 15.5. The lowest BCUT2D eigenvalue weighted by molar-refractivity contribution is 0.0733. The first-order chi connectivity index (χ1) is 11.2. The molecule has 124 valence electrons. The normalized spacial score (nSPS) is 16.5. The Hall–Kier alpha value is -2.26. The Morgan fingerprint density at radius 3 is 2.35 bits per heavy atom. The standard InChI is InChI=1S/C17H23N3O3/c1-3-22-15-7-5-14(6-8-15)16(13-18)19-9-11-20(12-10-19)17(21)23-4-2/h5-8,16H,3-4,9-12H2,1-2H3. The van der Waals surface area contributed by atoms with E-state index in [9.17, 15) is 10.1 Å². The molecular formula is C17H23N3O3. The molecule has 0 spiro atoms. The lowest BCUT2D eigenvalue weighted by Crippen LogP contribution is -2.49. The van der Waals surface area contributed by atoms with Crippen LogP contribution < -0.4 is 4.74 Å². The molecule has 1 atom stereocenters. The van der Waals surface area contributed by atoms with E-state index in [1.54, 1.807) is 11.8 Å². The summed E-state index contributed by atoms with van der Waals surface area (Å²) in [6, 6.07) is 9.68. The topological polar surface area (TPSA) is 65.8 Å². The zero-order valence-electron chi connectivity index (χ0n) is 13.7. The third-order valence-corrected chi connectivity index (χ3v) is 3.83. The van der Waals surface area contributed by atoms with Gasteiger partial charge in [0, 0.05) is 26.2 Å². The van der Waals surface area contributed by atoms with Gasteiger partial charge in [0.05, 0.1) is 19.3 Å². The average molecular weight is 317 g/mol. The van der Waals surface area contributed by atoms with Crippen LogP contribution in [0.4, 0.5) is 4.79 Å². The predicted octanol–water partition coefficient (Wildman–Crippen LogP) is 2.42. The molecule has 0 bridgehead atoms. The number of hydrogen-bond acceptors (Lipinski definition) is 5. The quantitative estimate of drug-likeness (QED) is 0.834. The van der Waals surface area contributed by atoms with Crippen LogP contribution in [0.1, 0.15) is 25.5 Å². The summed E-state index contributed by atoms with van der Waals surface area (Å²) in [5.74, 6) is 0.806. The van der Waals surface area contributed by atoms with Gasteiger partial charge in [-0.2, -0.15) is 5.26 Å². The van der Waals surface area contributed by atoms with Crippen LogP contribution in [0, 0.1) is 11.3 Å². The molecular weight excluding hydrogens is 294 g/mol. The molecule has 0 N–H and O–H groups in total. The summed E-state index contributed by atoms with van der Waals surface area (Å²) in [7, 11) is 0. The van der Waals surface area contributed by atoms with E-state index in [-0.39, 0.29) is 12.1 Å². The molecule has 1 aromatic rings. The predicted molar refractivity (Wildman–Crippen MR) is 86.1 cm³/mol. The van der Waals surface area contributed by atoms with Crippen LogP contribution in [0.3, 0.4) is 0 Å². The summed E-state index contributed by atoms with van der Waals surface area (Å²) in [5, 5.41) is 9.54. The van der Waals surface area contributed by atoms with E-state index in [0.29, 0.717) is 39.4 Å². The van der Waals surface area contributed by atoms with Crippen molar-refractivity contribution in [2.75, 3.05) is 39.4 Å². The Kier molecular flexibility index (Phi) is 6.24. The van der Waals surface area contributed by atoms with E-state index in [0.717, 1.165) is 11.3 Å². The number of nitrogens with zero attached hydrogens (tertiary/aromatic N) is 3. The number of amides is 1. The van der Waals surface area contributed by atoms with E-state index in [4.69, 9.17) is 9.47 Å². The molecule has 0 aliphatic carbocycles. The van der Waals surface area contributed by atoms with Crippen molar-refractivity contribution in [3.63, 3.8) is 0 Å². The highest BCUT2D eigenvalue weighted by Gasteiger charge is 2.27. The summed E-state index contributed by atoms with van der Waals surface area (Å²) < 4.78 is 10.4. The van der Waals surface area contributed by atoms with Crippen molar-refractivity contribution in [1.82, 2.24) is 9.80 Å². The number of ether oxygens (including phenoxy) is 2. The van der Waals surface area contributed by atoms with Crippen molar-refractivity contribution in [2.45, 2.75) is 19.9 Å². The zero-order valence-corrected chi connectivity index (χ0v) is 13.7. The van der Waals surface area contributed by atoms with Gasteiger partial charge in [0.15, 0.2) is 0 Å². The number of carbonyl (C=O) groups excluding carboxylic acids is 1. The van der Waals surface area contributed by atoms with Crippen LogP contribution in [0.25, 0.3) is 0 Å². The molecule has 1 heterocycles. The smallest absolute Gasteiger partial charge is 0.409 e. The van der Waals surface area contributed by atoms with Crippen molar-refractivity contribution < 1.29 is 14.3 Å². The maximum Gasteiger partial charge on any atom is 0.409 e. The second kappa shape index (κ2) is 8.39. The molecule has 6 heteroatoms. The molecule has 1 aliphatic heterocycles. The van der Waals surface area contributed by atoms with E-state index in [1.807, 2.05) is 31.2 Å². The van der Waals surface area contributed by atoms with Crippen LogP contribution >= 0.6 is 0 Å². The Bertz CT molecular complexity index is 545. The summed E-state index contributed by atoms with van der Waals surface area (Å²) in [6.45, 7) is 7.21. The lowest BCUT2D eigenvalue weighted by atomic mass is 10.1. The third-order valence-electron chi connectivity index (χ3n) is 3.83. The first-order valence-corrected chi connectivity index (χ1v) is 7.97. The maximum absolute atomic E-state index is 11.7. The minimum Gasteiger partial charge on any atom is -0.494 e. The Labute approximate surface area is 137 Å². The molecule has 1 aromatic carbocycles. The van der Waals surface area contributed by atoms with Gasteiger partial charge in [0.2, 0.25) is 0 Å². The lowest BCUT2D eigenvalue weighted by Gasteiger charge is -2.36. The molecule has 1 saturated heterocycles. The first kappa shape index (κ1) is 17.1. The molecule has 2 rings (SSSR count). The largest absolute Gasteiger partial charge is 0.494 e. The van der Waals surface area contributed by atoms with Gasteiger partial charge in [0.25, 0.3) is 0 Å². The van der Waals surface area contributed by atoms with Gasteiger partial charge in [-0.3, -0.25) is 4.90 Å². The van der Waals surface area contributed by atoms with E-state index < -0.39 is 0 Å². The molecule has 0 aromatic heterocycles. The van der Waals surface area contributed by atoms with Crippen LogP contribution in [0.2, 0.25) is 0 Å². The van der Waals surface area contributed by atoms with Crippen molar-refractivity contribution in [2.24, 2.45) is 0 Å². The molecule has 1 unspecified atom stereocenters. The second-order valence-corrected chi connectivity index (χ2v) is 5.26. The van der Waals surface area contributed by atoms with Crippen molar-refractivity contribution in [1.29, 1.82) is 5.26 Å². The van der Waals surface area contributed by atoms with Gasteiger partial charge < -0.3 is 14.4 Å². The number of piperazine rings is 1. The van der Waals surface area contributed by atoms with Crippen LogP contribution in [0.15, 0.2) is 24.3 Å². The Morgan fingerprint density at radius 2 is 1.83 bits per heavy atom. The highest BCUT2D eigenvalue weighted by molar-refractivity contribution is 5.67. The van der Waals surface area contributed by atoms with Crippen molar-refractivity contribution in [3.8, 4) is 11.8 Å². The van der Waals surface area contributed by atoms with Crippen LogP contribution in [0.5, 0.6) is 5.75 Å². The van der Waals surface area contributed by atoms with Crippen LogP contribution in [-0.4, -0.2) is 55.3 Å². The zero-order chi connectivity index (χ0) is 16.7. The molecule has 23 heavy (non-hydrogen) atoms. The van der Waals surface area contributed by atoms with Gasteiger partial charge >= 0.3 is 6.09 Å². The molecule has 0 saturated carbocycles. The minimum absolute atomic E-state index is 0.276. The van der Waals surface area contributed by atoms with E-state index in [2.05, 4.69) is 11.0 Å². The van der Waals surface area contributed by atoms with Gasteiger partial charge in [-0.25, -0.2) is 4.79 Å². The molecule has 1 aliphatic rings. The van der Waals surface area contributed by atoms with E-state index in [1.165, 1.54) is 0 Å². The SMILES string of the molecule is CCOC(=O)N1CCN(C(C#N)c2ccc(OCC)cc2)CC1. The fourth-order valence-corrected chi connectivity index (χ4v) is 2.66. The Balaban J connectivity index is 1.97. The monoisotopic (exact) mass is 317 g/mol.